The van der Waals surface area contributed by atoms with Crippen molar-refractivity contribution in [2.75, 3.05) is 0 Å². The van der Waals surface area contributed by atoms with Crippen LogP contribution in [0.4, 0.5) is 0 Å². The van der Waals surface area contributed by atoms with Crippen molar-refractivity contribution in [2.24, 2.45) is 11.8 Å². The van der Waals surface area contributed by atoms with Gasteiger partial charge < -0.3 is 10.8 Å². The van der Waals surface area contributed by atoms with Crippen molar-refractivity contribution in [3.05, 3.63) is 0 Å². The lowest BCUT2D eigenvalue weighted by atomic mass is 9.89. The van der Waals surface area contributed by atoms with Crippen molar-refractivity contribution in [1.29, 1.82) is 10.8 Å². The van der Waals surface area contributed by atoms with Crippen molar-refractivity contribution in [2.45, 2.75) is 47.0 Å². The van der Waals surface area contributed by atoms with Gasteiger partial charge in [0.25, 0.3) is 0 Å². The van der Waals surface area contributed by atoms with Gasteiger partial charge in [-0.25, -0.2) is 0 Å². The van der Waals surface area contributed by atoms with Gasteiger partial charge >= 0.3 is 0 Å². The smallest absolute Gasteiger partial charge is 0.0124 e. The average molecular weight is 182 g/mol. The van der Waals surface area contributed by atoms with Crippen molar-refractivity contribution in [1.82, 2.24) is 0 Å². The fourth-order valence-electron chi connectivity index (χ4n) is 1.32. The van der Waals surface area contributed by atoms with Crippen LogP contribution < -0.4 is 0 Å². The van der Waals surface area contributed by atoms with E-state index in [1.165, 1.54) is 0 Å². The highest BCUT2D eigenvalue weighted by atomic mass is 14.5. The van der Waals surface area contributed by atoms with E-state index in [2.05, 4.69) is 20.8 Å². The van der Waals surface area contributed by atoms with E-state index in [4.69, 9.17) is 10.8 Å². The molecule has 0 aliphatic carbocycles. The van der Waals surface area contributed by atoms with Crippen LogP contribution in [-0.4, -0.2) is 11.4 Å². The highest BCUT2D eigenvalue weighted by Gasteiger charge is 2.14. The Morgan fingerprint density at radius 1 is 1.15 bits per heavy atom. The van der Waals surface area contributed by atoms with Gasteiger partial charge in [-0.05, 0) is 32.1 Å². The topological polar surface area (TPSA) is 47.7 Å². The van der Waals surface area contributed by atoms with Gasteiger partial charge in [-0.1, -0.05) is 20.8 Å². The molecule has 0 aliphatic rings. The molecule has 0 amide bonds. The minimum atomic E-state index is 0.293. The Bertz CT molecular complexity index is 185. The fraction of sp³-hybridized carbons (Fsp3) is 0.818. The number of hydrogen-bond donors (Lipinski definition) is 2. The van der Waals surface area contributed by atoms with Gasteiger partial charge in [0.15, 0.2) is 0 Å². The quantitative estimate of drug-likeness (QED) is 0.591. The second kappa shape index (κ2) is 5.90. The molecule has 0 aromatic heterocycles. The van der Waals surface area contributed by atoms with Crippen LogP contribution in [0.5, 0.6) is 0 Å². The van der Waals surface area contributed by atoms with E-state index in [1.54, 1.807) is 0 Å². The SMILES string of the molecule is CCC(C)C(=N)CC(CC)C(C)=N. The first-order valence-electron chi connectivity index (χ1n) is 5.15. The summed E-state index contributed by atoms with van der Waals surface area (Å²) in [5, 5.41) is 15.4. The van der Waals surface area contributed by atoms with E-state index in [0.717, 1.165) is 30.7 Å². The molecule has 2 heteroatoms. The zero-order valence-corrected chi connectivity index (χ0v) is 9.28. The van der Waals surface area contributed by atoms with Crippen LogP contribution in [0.25, 0.3) is 0 Å². The Morgan fingerprint density at radius 3 is 2.00 bits per heavy atom. The predicted molar refractivity (Wildman–Crippen MR) is 59.0 cm³/mol. The Labute approximate surface area is 81.8 Å². The van der Waals surface area contributed by atoms with Gasteiger partial charge in [-0.3, -0.25) is 0 Å². The standard InChI is InChI=1S/C11H22N2/c1-5-8(3)11(13)7-10(6-2)9(4)12/h8,10,12-13H,5-7H2,1-4H3. The molecule has 0 heterocycles. The highest BCUT2D eigenvalue weighted by molar-refractivity contribution is 5.90. The van der Waals surface area contributed by atoms with Crippen LogP contribution in [0.15, 0.2) is 0 Å². The van der Waals surface area contributed by atoms with Crippen molar-refractivity contribution in [3.8, 4) is 0 Å². The lowest BCUT2D eigenvalue weighted by molar-refractivity contribution is 0.641. The van der Waals surface area contributed by atoms with Crippen LogP contribution in [0.1, 0.15) is 47.0 Å². The second-order valence-electron chi connectivity index (χ2n) is 3.83. The van der Waals surface area contributed by atoms with Gasteiger partial charge in [0.05, 0.1) is 0 Å². The van der Waals surface area contributed by atoms with Crippen LogP contribution in [0.2, 0.25) is 0 Å². The summed E-state index contributed by atoms with van der Waals surface area (Å²) in [6.07, 6.45) is 2.79. The summed E-state index contributed by atoms with van der Waals surface area (Å²) in [4.78, 5) is 0. The molecule has 0 fully saturated rings. The van der Waals surface area contributed by atoms with Gasteiger partial charge in [-0.15, -0.1) is 0 Å². The normalized spacial score (nSPS) is 15.1. The van der Waals surface area contributed by atoms with E-state index in [1.807, 2.05) is 6.92 Å². The number of hydrogen-bond acceptors (Lipinski definition) is 2. The number of rotatable bonds is 6. The second-order valence-corrected chi connectivity index (χ2v) is 3.83. The summed E-state index contributed by atoms with van der Waals surface area (Å²) in [7, 11) is 0. The molecular weight excluding hydrogens is 160 g/mol. The summed E-state index contributed by atoms with van der Waals surface area (Å²) < 4.78 is 0. The van der Waals surface area contributed by atoms with Gasteiger partial charge in [0.2, 0.25) is 0 Å². The summed E-state index contributed by atoms with van der Waals surface area (Å²) in [5.41, 5.74) is 1.52. The van der Waals surface area contributed by atoms with Crippen LogP contribution in [0.3, 0.4) is 0 Å². The molecule has 0 radical (unpaired) electrons. The summed E-state index contributed by atoms with van der Waals surface area (Å²) in [6, 6.07) is 0. The molecule has 2 nitrogen and oxygen atoms in total. The maximum Gasteiger partial charge on any atom is 0.0124 e. The Balaban J connectivity index is 4.09. The molecule has 0 rings (SSSR count). The molecule has 13 heavy (non-hydrogen) atoms. The monoisotopic (exact) mass is 182 g/mol. The molecule has 76 valence electrons. The summed E-state index contributed by atoms with van der Waals surface area (Å²) in [5.74, 6) is 0.676. The highest BCUT2D eigenvalue weighted by Crippen LogP contribution is 2.15. The summed E-state index contributed by atoms with van der Waals surface area (Å²) >= 11 is 0. The minimum Gasteiger partial charge on any atom is -0.310 e. The predicted octanol–water partition coefficient (Wildman–Crippen LogP) is 3.51. The molecule has 0 bridgehead atoms. The zero-order valence-electron chi connectivity index (χ0n) is 9.28. The third-order valence-corrected chi connectivity index (χ3v) is 2.78. The third kappa shape index (κ3) is 4.20. The van der Waals surface area contributed by atoms with Gasteiger partial charge in [0.1, 0.15) is 0 Å². The molecule has 0 spiro atoms. The first kappa shape index (κ1) is 12.3. The van der Waals surface area contributed by atoms with E-state index < -0.39 is 0 Å². The number of nitrogens with one attached hydrogen (secondary N) is 2. The lowest BCUT2D eigenvalue weighted by Gasteiger charge is -2.17. The lowest BCUT2D eigenvalue weighted by Crippen LogP contribution is -2.18. The van der Waals surface area contributed by atoms with Crippen LogP contribution in [-0.2, 0) is 0 Å². The van der Waals surface area contributed by atoms with Crippen molar-refractivity contribution in [3.63, 3.8) is 0 Å². The Morgan fingerprint density at radius 2 is 1.69 bits per heavy atom. The van der Waals surface area contributed by atoms with Crippen molar-refractivity contribution < 1.29 is 0 Å². The average Bonchev–Trinajstić information content (AvgIpc) is 2.11. The maximum atomic E-state index is 7.83. The largest absolute Gasteiger partial charge is 0.310 e. The fourth-order valence-corrected chi connectivity index (χ4v) is 1.32. The Kier molecular flexibility index (Phi) is 5.60. The molecule has 0 saturated carbocycles. The van der Waals surface area contributed by atoms with Crippen molar-refractivity contribution >= 4 is 11.4 Å². The first-order valence-corrected chi connectivity index (χ1v) is 5.15. The van der Waals surface area contributed by atoms with E-state index >= 15 is 0 Å². The molecule has 0 saturated heterocycles. The van der Waals surface area contributed by atoms with E-state index in [-0.39, 0.29) is 0 Å². The third-order valence-electron chi connectivity index (χ3n) is 2.78. The van der Waals surface area contributed by atoms with E-state index in [0.29, 0.717) is 11.8 Å². The van der Waals surface area contributed by atoms with Crippen LogP contribution >= 0.6 is 0 Å². The first-order chi connectivity index (χ1) is 6.02. The summed E-state index contributed by atoms with van der Waals surface area (Å²) in [6.45, 7) is 8.14. The Hall–Kier alpha value is -0.660. The molecule has 2 atom stereocenters. The molecule has 2 unspecified atom stereocenters. The van der Waals surface area contributed by atoms with Gasteiger partial charge in [0, 0.05) is 17.3 Å². The van der Waals surface area contributed by atoms with Gasteiger partial charge in [-0.2, -0.15) is 0 Å². The molecule has 0 aromatic rings. The molecular formula is C11H22N2. The van der Waals surface area contributed by atoms with E-state index in [9.17, 15) is 0 Å². The molecule has 2 N–H and O–H groups in total. The molecule has 0 aliphatic heterocycles. The zero-order chi connectivity index (χ0) is 10.4. The van der Waals surface area contributed by atoms with Crippen LogP contribution in [0, 0.1) is 22.7 Å². The minimum absolute atomic E-state index is 0.293. The maximum absolute atomic E-state index is 7.83. The molecule has 0 aromatic carbocycles.